The Morgan fingerprint density at radius 1 is 1.17 bits per heavy atom. The molecular formula is C33H32FN7O3S2. The first-order valence-corrected chi connectivity index (χ1v) is 16.5. The number of aromatic carboxylic acids is 1. The van der Waals surface area contributed by atoms with E-state index in [2.05, 4.69) is 37.3 Å². The number of nitrogens with one attached hydrogen (secondary N) is 1. The smallest absolute Gasteiger partial charge is 0.355 e. The summed E-state index contributed by atoms with van der Waals surface area (Å²) in [7, 11) is 3.85. The van der Waals surface area contributed by atoms with Gasteiger partial charge < -0.3 is 20.1 Å². The summed E-state index contributed by atoms with van der Waals surface area (Å²) >= 11 is 2.88. The van der Waals surface area contributed by atoms with Crippen molar-refractivity contribution < 1.29 is 19.0 Å². The molecule has 5 aromatic rings. The third kappa shape index (κ3) is 6.94. The van der Waals surface area contributed by atoms with Crippen molar-refractivity contribution in [2.45, 2.75) is 32.6 Å². The zero-order chi connectivity index (χ0) is 32.2. The number of anilines is 4. The topological polar surface area (TPSA) is 117 Å². The second kappa shape index (κ2) is 13.8. The van der Waals surface area contributed by atoms with Crippen LogP contribution < -0.4 is 15.0 Å². The monoisotopic (exact) mass is 657 g/mol. The lowest BCUT2D eigenvalue weighted by molar-refractivity contribution is 0.0690. The molecule has 0 amide bonds. The summed E-state index contributed by atoms with van der Waals surface area (Å²) in [6.45, 7) is 3.46. The van der Waals surface area contributed by atoms with Crippen molar-refractivity contribution in [1.29, 1.82) is 0 Å². The minimum atomic E-state index is -1.09. The standard InChI is InChI=1S/C33H32FN7O3S2/c1-20-22-10-7-17-41(30(22)39-38-29(20)37-32-35-24-11-4-5-12-26(24)45-32)33-36-28(31(42)43)27(46-33)13-8-18-44-25-19-21(14-15-23(25)34)9-6-16-40(2)3/h4-5,11-12,14-15,19H,7-8,10,13,16-18H2,1-3H3,(H,42,43)(H,35,37,38). The van der Waals surface area contributed by atoms with E-state index in [1.807, 2.05) is 55.1 Å². The molecule has 0 radical (unpaired) electrons. The van der Waals surface area contributed by atoms with Crippen LogP contribution in [0.4, 0.5) is 26.3 Å². The Bertz CT molecular complexity index is 1930. The first kappa shape index (κ1) is 31.3. The van der Waals surface area contributed by atoms with Gasteiger partial charge in [-0.15, -0.1) is 21.5 Å². The Kier molecular flexibility index (Phi) is 9.39. The summed E-state index contributed by atoms with van der Waals surface area (Å²) in [6, 6.07) is 12.5. The summed E-state index contributed by atoms with van der Waals surface area (Å²) in [5.41, 5.74) is 3.62. The van der Waals surface area contributed by atoms with Gasteiger partial charge in [-0.25, -0.2) is 19.2 Å². The highest BCUT2D eigenvalue weighted by atomic mass is 32.1. The highest BCUT2D eigenvalue weighted by molar-refractivity contribution is 7.22. The van der Waals surface area contributed by atoms with Gasteiger partial charge in [-0.05, 0) is 77.0 Å². The van der Waals surface area contributed by atoms with Crippen LogP contribution in [0, 0.1) is 24.6 Å². The maximum Gasteiger partial charge on any atom is 0.355 e. The predicted molar refractivity (Wildman–Crippen MR) is 180 cm³/mol. The Balaban J connectivity index is 1.15. The number of hydrogen-bond donors (Lipinski definition) is 2. The van der Waals surface area contributed by atoms with Crippen LogP contribution >= 0.6 is 22.7 Å². The van der Waals surface area contributed by atoms with Gasteiger partial charge in [0.1, 0.15) is 0 Å². The number of rotatable bonds is 10. The van der Waals surface area contributed by atoms with E-state index in [1.54, 1.807) is 23.5 Å². The Morgan fingerprint density at radius 2 is 2.02 bits per heavy atom. The average molecular weight is 658 g/mol. The lowest BCUT2D eigenvalue weighted by Crippen LogP contribution is -2.27. The lowest BCUT2D eigenvalue weighted by atomic mass is 10.0. The van der Waals surface area contributed by atoms with Gasteiger partial charge in [-0.2, -0.15) is 0 Å². The van der Waals surface area contributed by atoms with Gasteiger partial charge in [0.25, 0.3) is 0 Å². The van der Waals surface area contributed by atoms with Crippen LogP contribution in [0.15, 0.2) is 42.5 Å². The summed E-state index contributed by atoms with van der Waals surface area (Å²) < 4.78 is 21.2. The molecular weight excluding hydrogens is 626 g/mol. The normalized spacial score (nSPS) is 12.6. The van der Waals surface area contributed by atoms with E-state index in [1.165, 1.54) is 17.4 Å². The molecule has 46 heavy (non-hydrogen) atoms. The number of benzene rings is 2. The number of thiazole rings is 2. The number of hydrogen-bond acceptors (Lipinski definition) is 11. The largest absolute Gasteiger partial charge is 0.490 e. The Hall–Kier alpha value is -4.64. The van der Waals surface area contributed by atoms with Crippen molar-refractivity contribution in [3.8, 4) is 17.6 Å². The molecule has 4 heterocycles. The molecule has 236 valence electrons. The van der Waals surface area contributed by atoms with Gasteiger partial charge in [0.2, 0.25) is 0 Å². The first-order valence-electron chi connectivity index (χ1n) is 14.8. The lowest BCUT2D eigenvalue weighted by Gasteiger charge is -2.28. The number of aromatic nitrogens is 4. The molecule has 0 fully saturated rings. The molecule has 0 atom stereocenters. The van der Waals surface area contributed by atoms with Gasteiger partial charge in [0.05, 0.1) is 23.4 Å². The summed E-state index contributed by atoms with van der Waals surface area (Å²) in [4.78, 5) is 25.8. The molecule has 2 N–H and O–H groups in total. The summed E-state index contributed by atoms with van der Waals surface area (Å²) in [5.74, 6) is 5.93. The van der Waals surface area contributed by atoms with Crippen LogP contribution in [0.5, 0.6) is 5.75 Å². The minimum absolute atomic E-state index is 0.00951. The van der Waals surface area contributed by atoms with Crippen LogP contribution in [-0.4, -0.2) is 69.9 Å². The Labute approximate surface area is 273 Å². The van der Waals surface area contributed by atoms with Crippen LogP contribution in [0.25, 0.3) is 10.2 Å². The van der Waals surface area contributed by atoms with E-state index in [9.17, 15) is 14.3 Å². The number of halogens is 1. The summed E-state index contributed by atoms with van der Waals surface area (Å²) in [5, 5.41) is 23.6. The number of para-hydroxylation sites is 1. The molecule has 13 heteroatoms. The fourth-order valence-corrected chi connectivity index (χ4v) is 7.10. The maximum atomic E-state index is 14.4. The van der Waals surface area contributed by atoms with E-state index in [4.69, 9.17) is 4.74 Å². The molecule has 0 unspecified atom stereocenters. The molecule has 0 bridgehead atoms. The van der Waals surface area contributed by atoms with Crippen LogP contribution in [0.1, 0.15) is 44.9 Å². The molecule has 10 nitrogen and oxygen atoms in total. The molecule has 6 rings (SSSR count). The molecule has 1 aliphatic heterocycles. The van der Waals surface area contributed by atoms with E-state index in [0.29, 0.717) is 53.1 Å². The Morgan fingerprint density at radius 3 is 2.83 bits per heavy atom. The van der Waals surface area contributed by atoms with Crippen molar-refractivity contribution >= 4 is 60.8 Å². The number of fused-ring (bicyclic) bond motifs is 2. The highest BCUT2D eigenvalue weighted by Gasteiger charge is 2.28. The van der Waals surface area contributed by atoms with E-state index in [-0.39, 0.29) is 18.1 Å². The van der Waals surface area contributed by atoms with Crippen molar-refractivity contribution in [3.05, 3.63) is 75.5 Å². The predicted octanol–water partition coefficient (Wildman–Crippen LogP) is 6.44. The van der Waals surface area contributed by atoms with Crippen molar-refractivity contribution in [2.75, 3.05) is 44.0 Å². The molecule has 3 aromatic heterocycles. The van der Waals surface area contributed by atoms with Crippen LogP contribution in [0.2, 0.25) is 0 Å². The van der Waals surface area contributed by atoms with Crippen molar-refractivity contribution in [3.63, 3.8) is 0 Å². The number of carbonyl (C=O) groups is 1. The van der Waals surface area contributed by atoms with E-state index < -0.39 is 11.8 Å². The number of nitrogens with zero attached hydrogens (tertiary/aromatic N) is 6. The second-order valence-corrected chi connectivity index (χ2v) is 13.1. The molecule has 0 aliphatic carbocycles. The van der Waals surface area contributed by atoms with Crippen molar-refractivity contribution in [2.24, 2.45) is 0 Å². The van der Waals surface area contributed by atoms with Gasteiger partial charge in [0.15, 0.2) is 39.2 Å². The number of carboxylic acid groups (broad SMARTS) is 1. The number of aryl methyl sites for hydroxylation is 1. The molecule has 2 aromatic carbocycles. The third-order valence-electron chi connectivity index (χ3n) is 7.39. The van der Waals surface area contributed by atoms with Gasteiger partial charge in [-0.1, -0.05) is 35.3 Å². The van der Waals surface area contributed by atoms with Gasteiger partial charge >= 0.3 is 5.97 Å². The zero-order valence-corrected chi connectivity index (χ0v) is 27.3. The maximum absolute atomic E-state index is 14.4. The molecule has 0 saturated carbocycles. The minimum Gasteiger partial charge on any atom is -0.490 e. The molecule has 1 aliphatic rings. The molecule has 0 saturated heterocycles. The van der Waals surface area contributed by atoms with Crippen molar-refractivity contribution in [1.82, 2.24) is 25.1 Å². The average Bonchev–Trinajstić information content (AvgIpc) is 3.66. The van der Waals surface area contributed by atoms with Crippen LogP contribution in [0.3, 0.4) is 0 Å². The number of carboxylic acids is 1. The quantitative estimate of drug-likeness (QED) is 0.128. The zero-order valence-electron chi connectivity index (χ0n) is 25.6. The van der Waals surface area contributed by atoms with Gasteiger partial charge in [0, 0.05) is 28.1 Å². The second-order valence-electron chi connectivity index (χ2n) is 11.1. The number of ether oxygens (including phenoxy) is 1. The van der Waals surface area contributed by atoms with E-state index in [0.717, 1.165) is 39.3 Å². The van der Waals surface area contributed by atoms with Crippen LogP contribution in [-0.2, 0) is 12.8 Å². The SMILES string of the molecule is Cc1c(Nc2nc3ccccc3s2)nnc2c1CCCN2c1nc(C(=O)O)c(CCCOc2cc(C#CCN(C)C)ccc2F)s1. The molecule has 0 spiro atoms. The summed E-state index contributed by atoms with van der Waals surface area (Å²) in [6.07, 6.45) is 2.57. The fourth-order valence-electron chi connectivity index (χ4n) is 5.11. The first-order chi connectivity index (χ1) is 22.3. The fraction of sp³-hybridized carbons (Fsp3) is 0.303. The highest BCUT2D eigenvalue weighted by Crippen LogP contribution is 2.39. The van der Waals surface area contributed by atoms with Gasteiger partial charge in [-0.3, -0.25) is 4.90 Å². The van der Waals surface area contributed by atoms with E-state index >= 15 is 0 Å². The third-order valence-corrected chi connectivity index (χ3v) is 9.48.